The van der Waals surface area contributed by atoms with Crippen LogP contribution < -0.4 is 10.1 Å². The summed E-state index contributed by atoms with van der Waals surface area (Å²) in [5.74, 6) is 1.07. The van der Waals surface area contributed by atoms with Gasteiger partial charge in [0.05, 0.1) is 25.3 Å². The van der Waals surface area contributed by atoms with Crippen LogP contribution in [0.3, 0.4) is 0 Å². The summed E-state index contributed by atoms with van der Waals surface area (Å²) >= 11 is 0. The van der Waals surface area contributed by atoms with Crippen LogP contribution >= 0.6 is 0 Å². The molecule has 0 radical (unpaired) electrons. The van der Waals surface area contributed by atoms with Gasteiger partial charge in [0.25, 0.3) is 0 Å². The molecule has 1 atom stereocenters. The summed E-state index contributed by atoms with van der Waals surface area (Å²) in [6.07, 6.45) is 1.49. The van der Waals surface area contributed by atoms with Crippen LogP contribution in [0.4, 0.5) is 0 Å². The first-order valence-corrected chi connectivity index (χ1v) is 9.33. The topological polar surface area (TPSA) is 66.7 Å². The van der Waals surface area contributed by atoms with Gasteiger partial charge in [0.1, 0.15) is 5.75 Å². The van der Waals surface area contributed by atoms with E-state index in [2.05, 4.69) is 22.0 Å². The van der Waals surface area contributed by atoms with E-state index in [0.29, 0.717) is 6.42 Å². The Balaban J connectivity index is 1.81. The van der Waals surface area contributed by atoms with Crippen molar-refractivity contribution in [1.29, 1.82) is 0 Å². The molecule has 6 heteroatoms. The summed E-state index contributed by atoms with van der Waals surface area (Å²) in [5.41, 5.74) is 3.45. The molecular weight excluding hydrogens is 330 g/mol. The Bertz CT molecular complexity index is 852. The first kappa shape index (κ1) is 17.4. The SMILES string of the molecule is CCCC(=O)N1CC2(CN[C@@H](CO)c3c2c2ccc(OC)cc2n3C)C1. The smallest absolute Gasteiger partial charge is 0.222 e. The van der Waals surface area contributed by atoms with Crippen LogP contribution in [-0.4, -0.2) is 53.8 Å². The quantitative estimate of drug-likeness (QED) is 0.874. The molecule has 0 bridgehead atoms. The molecule has 2 aromatic rings. The lowest BCUT2D eigenvalue weighted by molar-refractivity contribution is -0.139. The summed E-state index contributed by atoms with van der Waals surface area (Å²) in [6, 6.07) is 6.07. The van der Waals surface area contributed by atoms with Crippen molar-refractivity contribution in [3.05, 3.63) is 29.5 Å². The van der Waals surface area contributed by atoms with Crippen molar-refractivity contribution in [2.45, 2.75) is 31.2 Å². The Hall–Kier alpha value is -2.05. The van der Waals surface area contributed by atoms with Crippen LogP contribution in [0.5, 0.6) is 5.75 Å². The molecule has 0 aliphatic carbocycles. The lowest BCUT2D eigenvalue weighted by Crippen LogP contribution is -2.67. The Labute approximate surface area is 153 Å². The third-order valence-corrected chi connectivity index (χ3v) is 5.99. The van der Waals surface area contributed by atoms with Crippen LogP contribution in [0.15, 0.2) is 18.2 Å². The van der Waals surface area contributed by atoms with E-state index < -0.39 is 0 Å². The number of amides is 1. The zero-order valence-corrected chi connectivity index (χ0v) is 15.7. The zero-order valence-electron chi connectivity index (χ0n) is 15.7. The van der Waals surface area contributed by atoms with Gasteiger partial charge in [0.15, 0.2) is 0 Å². The predicted octanol–water partition coefficient (Wildman–Crippen LogP) is 1.70. The van der Waals surface area contributed by atoms with Crippen LogP contribution in [0.25, 0.3) is 10.9 Å². The number of aromatic nitrogens is 1. The third kappa shape index (κ3) is 2.36. The number of carbonyl (C=O) groups is 1. The van der Waals surface area contributed by atoms with E-state index in [-0.39, 0.29) is 24.0 Å². The largest absolute Gasteiger partial charge is 0.497 e. The zero-order chi connectivity index (χ0) is 18.5. The van der Waals surface area contributed by atoms with Crippen molar-refractivity contribution >= 4 is 16.8 Å². The highest BCUT2D eigenvalue weighted by Crippen LogP contribution is 2.46. The number of benzene rings is 1. The lowest BCUT2D eigenvalue weighted by atomic mass is 9.69. The summed E-state index contributed by atoms with van der Waals surface area (Å²) in [7, 11) is 3.72. The number of ether oxygens (including phenoxy) is 1. The number of nitrogens with zero attached hydrogens (tertiary/aromatic N) is 2. The molecule has 6 nitrogen and oxygen atoms in total. The lowest BCUT2D eigenvalue weighted by Gasteiger charge is -2.53. The number of hydrogen-bond donors (Lipinski definition) is 2. The number of likely N-dealkylation sites (tertiary alicyclic amines) is 1. The highest BCUT2D eigenvalue weighted by molar-refractivity contribution is 5.89. The molecule has 1 amide bonds. The van der Waals surface area contributed by atoms with Gasteiger partial charge in [-0.2, -0.15) is 0 Å². The van der Waals surface area contributed by atoms with Gasteiger partial charge in [-0.1, -0.05) is 6.92 Å². The van der Waals surface area contributed by atoms with Gasteiger partial charge in [0.2, 0.25) is 5.91 Å². The third-order valence-electron chi connectivity index (χ3n) is 5.99. The van der Waals surface area contributed by atoms with Gasteiger partial charge in [-0.3, -0.25) is 4.79 Å². The number of aliphatic hydroxyl groups is 1. The molecule has 1 aromatic carbocycles. The average molecular weight is 357 g/mol. The number of nitrogens with one attached hydrogen (secondary N) is 1. The molecule has 2 N–H and O–H groups in total. The highest BCUT2D eigenvalue weighted by Gasteiger charge is 2.51. The van der Waals surface area contributed by atoms with Crippen LogP contribution in [0, 0.1) is 0 Å². The molecule has 1 saturated heterocycles. The van der Waals surface area contributed by atoms with E-state index in [1.54, 1.807) is 7.11 Å². The second-order valence-electron chi connectivity index (χ2n) is 7.60. The average Bonchev–Trinajstić information content (AvgIpc) is 2.92. The van der Waals surface area contributed by atoms with E-state index in [1.807, 2.05) is 24.9 Å². The fourth-order valence-electron chi connectivity index (χ4n) is 4.69. The first-order chi connectivity index (χ1) is 12.5. The summed E-state index contributed by atoms with van der Waals surface area (Å²) in [6.45, 7) is 4.37. The maximum atomic E-state index is 12.3. The second-order valence-corrected chi connectivity index (χ2v) is 7.60. The van der Waals surface area contributed by atoms with Crippen molar-refractivity contribution in [2.24, 2.45) is 7.05 Å². The number of aliphatic hydroxyl groups excluding tert-OH is 1. The Morgan fingerprint density at radius 2 is 2.19 bits per heavy atom. The van der Waals surface area contributed by atoms with E-state index >= 15 is 0 Å². The normalized spacial score (nSPS) is 20.9. The van der Waals surface area contributed by atoms with E-state index in [9.17, 15) is 9.90 Å². The predicted molar refractivity (Wildman–Crippen MR) is 100 cm³/mol. The Kier molecular flexibility index (Phi) is 4.20. The number of hydrogen-bond acceptors (Lipinski definition) is 4. The molecule has 26 heavy (non-hydrogen) atoms. The van der Waals surface area contributed by atoms with E-state index in [4.69, 9.17) is 4.74 Å². The minimum absolute atomic E-state index is 0.0584. The van der Waals surface area contributed by atoms with Crippen molar-refractivity contribution < 1.29 is 14.6 Å². The Morgan fingerprint density at radius 1 is 1.42 bits per heavy atom. The molecule has 1 fully saturated rings. The molecule has 0 unspecified atom stereocenters. The van der Waals surface area contributed by atoms with Gasteiger partial charge < -0.3 is 24.6 Å². The molecule has 0 saturated carbocycles. The fraction of sp³-hybridized carbons (Fsp3) is 0.550. The minimum Gasteiger partial charge on any atom is -0.497 e. The molecule has 1 spiro atoms. The monoisotopic (exact) mass is 357 g/mol. The minimum atomic E-state index is -0.0839. The molecule has 3 heterocycles. The number of carbonyl (C=O) groups excluding carboxylic acids is 1. The van der Waals surface area contributed by atoms with Gasteiger partial charge in [-0.15, -0.1) is 0 Å². The van der Waals surface area contributed by atoms with Gasteiger partial charge in [-0.25, -0.2) is 0 Å². The van der Waals surface area contributed by atoms with Crippen molar-refractivity contribution in [1.82, 2.24) is 14.8 Å². The first-order valence-electron chi connectivity index (χ1n) is 9.33. The van der Waals surface area contributed by atoms with Gasteiger partial charge in [-0.05, 0) is 24.1 Å². The molecular formula is C20H27N3O3. The van der Waals surface area contributed by atoms with Crippen LogP contribution in [0.1, 0.15) is 37.1 Å². The summed E-state index contributed by atoms with van der Waals surface area (Å²) < 4.78 is 7.56. The fourth-order valence-corrected chi connectivity index (χ4v) is 4.69. The highest BCUT2D eigenvalue weighted by atomic mass is 16.5. The van der Waals surface area contributed by atoms with E-state index in [1.165, 1.54) is 10.9 Å². The second kappa shape index (κ2) is 6.28. The molecule has 4 rings (SSSR count). The van der Waals surface area contributed by atoms with Crippen LogP contribution in [-0.2, 0) is 17.3 Å². The summed E-state index contributed by atoms with van der Waals surface area (Å²) in [5, 5.41) is 14.6. The standard InChI is InChI=1S/C20H27N3O3/c1-4-5-17(25)23-11-20(12-23)10-21-15(9-24)19-18(20)14-7-6-13(26-3)8-16(14)22(19)2/h6-8,15,21,24H,4-5,9-12H2,1-3H3/t15-/m0/s1. The number of fused-ring (bicyclic) bond motifs is 4. The number of rotatable bonds is 4. The van der Waals surface area contributed by atoms with Crippen LogP contribution in [0.2, 0.25) is 0 Å². The van der Waals surface area contributed by atoms with Crippen molar-refractivity contribution in [2.75, 3.05) is 33.4 Å². The van der Waals surface area contributed by atoms with Crippen molar-refractivity contribution in [3.8, 4) is 5.75 Å². The number of methoxy groups -OCH3 is 1. The summed E-state index contributed by atoms with van der Waals surface area (Å²) in [4.78, 5) is 14.2. The number of aryl methyl sites for hydroxylation is 1. The van der Waals surface area contributed by atoms with E-state index in [0.717, 1.165) is 43.0 Å². The molecule has 2 aliphatic rings. The van der Waals surface area contributed by atoms with Crippen molar-refractivity contribution in [3.63, 3.8) is 0 Å². The molecule has 140 valence electrons. The molecule has 2 aliphatic heterocycles. The maximum Gasteiger partial charge on any atom is 0.222 e. The maximum absolute atomic E-state index is 12.3. The molecule has 1 aromatic heterocycles. The Morgan fingerprint density at radius 3 is 2.85 bits per heavy atom. The van der Waals surface area contributed by atoms with Gasteiger partial charge in [0, 0.05) is 55.7 Å². The van der Waals surface area contributed by atoms with Gasteiger partial charge >= 0.3 is 0 Å².